The number of rotatable bonds is 7. The van der Waals surface area contributed by atoms with Crippen LogP contribution in [0.4, 0.5) is 0 Å². The molecule has 2 fully saturated rings. The lowest BCUT2D eigenvalue weighted by atomic mass is 9.96. The van der Waals surface area contributed by atoms with Crippen molar-refractivity contribution in [2.24, 2.45) is 0 Å². The van der Waals surface area contributed by atoms with Crippen LogP contribution in [0.25, 0.3) is 5.69 Å². The first-order valence-electron chi connectivity index (χ1n) is 13.0. The van der Waals surface area contributed by atoms with E-state index in [-0.39, 0.29) is 12.1 Å². The highest BCUT2D eigenvalue weighted by atomic mass is 32.1. The molecule has 0 spiro atoms. The van der Waals surface area contributed by atoms with Gasteiger partial charge in [0, 0.05) is 49.5 Å². The molecule has 6 nitrogen and oxygen atoms in total. The molecule has 2 saturated heterocycles. The molecule has 7 heteroatoms. The van der Waals surface area contributed by atoms with Gasteiger partial charge < -0.3 is 19.5 Å². The Bertz CT molecular complexity index is 1220. The van der Waals surface area contributed by atoms with Gasteiger partial charge in [-0.2, -0.15) is 0 Å². The van der Waals surface area contributed by atoms with Crippen molar-refractivity contribution in [2.75, 3.05) is 39.4 Å². The number of nitrogens with zero attached hydrogens (tertiary/aromatic N) is 4. The van der Waals surface area contributed by atoms with E-state index in [1.165, 1.54) is 33.8 Å². The molecule has 0 radical (unpaired) electrons. The normalized spacial score (nSPS) is 20.7. The average molecular weight is 504 g/mol. The topological polar surface area (TPSA) is 45.6 Å². The third-order valence-corrected chi connectivity index (χ3v) is 8.13. The van der Waals surface area contributed by atoms with E-state index in [0.717, 1.165) is 56.6 Å². The van der Waals surface area contributed by atoms with Crippen LogP contribution in [0.1, 0.15) is 52.3 Å². The quantitative estimate of drug-likeness (QED) is 0.468. The lowest BCUT2D eigenvalue weighted by molar-refractivity contribution is 0.0365. The molecule has 5 rings (SSSR count). The average Bonchev–Trinajstić information content (AvgIpc) is 3.37. The summed E-state index contributed by atoms with van der Waals surface area (Å²) in [4.78, 5) is 9.61. The maximum absolute atomic E-state index is 5.93. The van der Waals surface area contributed by atoms with E-state index in [9.17, 15) is 0 Å². The Kier molecular flexibility index (Phi) is 7.42. The molecule has 2 atom stereocenters. The number of thiocarbonyl (C=S) groups is 1. The summed E-state index contributed by atoms with van der Waals surface area (Å²) in [6.45, 7) is 14.5. The number of morpholine rings is 1. The van der Waals surface area contributed by atoms with Crippen molar-refractivity contribution < 1.29 is 4.74 Å². The molecule has 1 N–H and O–H groups in total. The molecule has 1 aromatic carbocycles. The Morgan fingerprint density at radius 1 is 1.03 bits per heavy atom. The molecule has 0 amide bonds. The van der Waals surface area contributed by atoms with Crippen LogP contribution in [-0.2, 0) is 4.74 Å². The molecule has 4 heterocycles. The van der Waals surface area contributed by atoms with Gasteiger partial charge >= 0.3 is 0 Å². The molecule has 2 aliphatic rings. The predicted octanol–water partition coefficient (Wildman–Crippen LogP) is 4.80. The van der Waals surface area contributed by atoms with Gasteiger partial charge in [0.25, 0.3) is 0 Å². The van der Waals surface area contributed by atoms with E-state index in [4.69, 9.17) is 21.9 Å². The summed E-state index contributed by atoms with van der Waals surface area (Å²) in [5.74, 6) is 0. The Morgan fingerprint density at radius 2 is 1.83 bits per heavy atom. The van der Waals surface area contributed by atoms with Crippen LogP contribution in [0.2, 0.25) is 0 Å². The first kappa shape index (κ1) is 24.9. The van der Waals surface area contributed by atoms with E-state index in [1.807, 2.05) is 12.3 Å². The summed E-state index contributed by atoms with van der Waals surface area (Å²) < 4.78 is 7.92. The van der Waals surface area contributed by atoms with E-state index in [2.05, 4.69) is 83.8 Å². The van der Waals surface area contributed by atoms with E-state index in [0.29, 0.717) is 0 Å². The highest BCUT2D eigenvalue weighted by Gasteiger charge is 2.41. The first-order chi connectivity index (χ1) is 17.5. The SMILES string of the molecule is Cc1cccc(-n2c(C)cc([C@H]3[C@@H](c4ccccn4)NC(=S)N3CCCN3CCOCC3)c2C)c1C. The number of aryl methyl sites for hydroxylation is 2. The molecule has 2 aliphatic heterocycles. The van der Waals surface area contributed by atoms with Gasteiger partial charge in [0.15, 0.2) is 5.11 Å². The van der Waals surface area contributed by atoms with Gasteiger partial charge in [-0.3, -0.25) is 9.88 Å². The Labute approximate surface area is 220 Å². The van der Waals surface area contributed by atoms with Crippen LogP contribution in [-0.4, -0.2) is 63.9 Å². The van der Waals surface area contributed by atoms with Crippen molar-refractivity contribution in [1.82, 2.24) is 24.7 Å². The Balaban J connectivity index is 1.50. The van der Waals surface area contributed by atoms with E-state index in [1.54, 1.807) is 0 Å². The summed E-state index contributed by atoms with van der Waals surface area (Å²) in [5, 5.41) is 4.44. The summed E-state index contributed by atoms with van der Waals surface area (Å²) >= 11 is 5.93. The van der Waals surface area contributed by atoms with Crippen LogP contribution in [0, 0.1) is 27.7 Å². The zero-order chi connectivity index (χ0) is 25.2. The second kappa shape index (κ2) is 10.7. The van der Waals surface area contributed by atoms with Gasteiger partial charge in [0.05, 0.1) is 31.0 Å². The van der Waals surface area contributed by atoms with Crippen LogP contribution in [0.15, 0.2) is 48.7 Å². The molecular formula is C29H37N5OS. The largest absolute Gasteiger partial charge is 0.379 e. The fourth-order valence-electron chi connectivity index (χ4n) is 5.71. The van der Waals surface area contributed by atoms with Crippen molar-refractivity contribution in [3.8, 4) is 5.69 Å². The Hall–Kier alpha value is -2.74. The second-order valence-corrected chi connectivity index (χ2v) is 10.4. The fourth-order valence-corrected chi connectivity index (χ4v) is 6.04. The minimum atomic E-state index is 0.00893. The summed E-state index contributed by atoms with van der Waals surface area (Å²) in [6.07, 6.45) is 2.93. The fraction of sp³-hybridized carbons (Fsp3) is 0.448. The number of aromatic nitrogens is 2. The van der Waals surface area contributed by atoms with Gasteiger partial charge in [-0.05, 0) is 87.3 Å². The summed E-state index contributed by atoms with van der Waals surface area (Å²) in [7, 11) is 0. The molecular weight excluding hydrogens is 466 g/mol. The highest BCUT2D eigenvalue weighted by Crippen LogP contribution is 2.41. The van der Waals surface area contributed by atoms with Gasteiger partial charge in [-0.25, -0.2) is 0 Å². The second-order valence-electron chi connectivity index (χ2n) is 10.0. The number of pyridine rings is 1. The maximum Gasteiger partial charge on any atom is 0.170 e. The first-order valence-corrected chi connectivity index (χ1v) is 13.4. The molecule has 2 aromatic heterocycles. The zero-order valence-corrected chi connectivity index (χ0v) is 22.6. The molecule has 3 aromatic rings. The van der Waals surface area contributed by atoms with Gasteiger partial charge in [0.2, 0.25) is 0 Å². The van der Waals surface area contributed by atoms with Gasteiger partial charge in [0.1, 0.15) is 0 Å². The number of nitrogens with one attached hydrogen (secondary N) is 1. The lowest BCUT2D eigenvalue weighted by Crippen LogP contribution is -2.39. The summed E-state index contributed by atoms with van der Waals surface area (Å²) in [6, 6.07) is 15.1. The van der Waals surface area contributed by atoms with Gasteiger partial charge in [-0.15, -0.1) is 0 Å². The monoisotopic (exact) mass is 503 g/mol. The van der Waals surface area contributed by atoms with E-state index < -0.39 is 0 Å². The third kappa shape index (κ3) is 4.80. The van der Waals surface area contributed by atoms with Gasteiger partial charge in [-0.1, -0.05) is 18.2 Å². The summed E-state index contributed by atoms with van der Waals surface area (Å²) in [5.41, 5.74) is 8.70. The standard InChI is InChI=1S/C29H37N5OS/c1-20-9-7-11-26(22(20)3)34-21(2)19-24(23(34)4)28-27(25-10-5-6-12-30-25)31-29(36)33(28)14-8-13-32-15-17-35-18-16-32/h5-7,9-12,19,27-28H,8,13-18H2,1-4H3,(H,31,36)/t27-,28+/m1/s1. The van der Waals surface area contributed by atoms with Crippen molar-refractivity contribution in [3.63, 3.8) is 0 Å². The van der Waals surface area contributed by atoms with Crippen LogP contribution < -0.4 is 5.32 Å². The van der Waals surface area contributed by atoms with Crippen molar-refractivity contribution in [1.29, 1.82) is 0 Å². The number of benzene rings is 1. The van der Waals surface area contributed by atoms with Crippen LogP contribution >= 0.6 is 12.2 Å². The lowest BCUT2D eigenvalue weighted by Gasteiger charge is -2.30. The number of hydrogen-bond donors (Lipinski definition) is 1. The molecule has 0 saturated carbocycles. The van der Waals surface area contributed by atoms with Crippen LogP contribution in [0.5, 0.6) is 0 Å². The molecule has 190 valence electrons. The van der Waals surface area contributed by atoms with Crippen molar-refractivity contribution >= 4 is 17.3 Å². The minimum absolute atomic E-state index is 0.00893. The third-order valence-electron chi connectivity index (χ3n) is 7.78. The number of ether oxygens (including phenoxy) is 1. The van der Waals surface area contributed by atoms with Crippen molar-refractivity contribution in [3.05, 3.63) is 82.4 Å². The molecule has 0 aliphatic carbocycles. The zero-order valence-electron chi connectivity index (χ0n) is 21.8. The Morgan fingerprint density at radius 3 is 2.58 bits per heavy atom. The predicted molar refractivity (Wildman–Crippen MR) is 149 cm³/mol. The maximum atomic E-state index is 5.93. The number of hydrogen-bond acceptors (Lipinski definition) is 4. The molecule has 36 heavy (non-hydrogen) atoms. The van der Waals surface area contributed by atoms with Crippen molar-refractivity contribution in [2.45, 2.75) is 46.2 Å². The minimum Gasteiger partial charge on any atom is -0.379 e. The molecule has 0 unspecified atom stereocenters. The van der Waals surface area contributed by atoms with Crippen LogP contribution in [0.3, 0.4) is 0 Å². The van der Waals surface area contributed by atoms with E-state index >= 15 is 0 Å². The smallest absolute Gasteiger partial charge is 0.170 e. The molecule has 0 bridgehead atoms. The highest BCUT2D eigenvalue weighted by molar-refractivity contribution is 7.80.